The Bertz CT molecular complexity index is 1180. The molecule has 1 aromatic carbocycles. The smallest absolute Gasteiger partial charge is 0.264 e. The molecule has 0 aliphatic carbocycles. The highest BCUT2D eigenvalue weighted by molar-refractivity contribution is 7.99. The topological polar surface area (TPSA) is 115 Å². The molecular weight excluding hydrogens is 378 g/mol. The summed E-state index contributed by atoms with van der Waals surface area (Å²) in [5.74, 6) is 1.62. The van der Waals surface area contributed by atoms with E-state index in [-0.39, 0.29) is 10.8 Å². The second-order valence-electron chi connectivity index (χ2n) is 6.29. The van der Waals surface area contributed by atoms with Gasteiger partial charge in [0.1, 0.15) is 0 Å². The van der Waals surface area contributed by atoms with Crippen molar-refractivity contribution < 1.29 is 4.52 Å². The van der Waals surface area contributed by atoms with Gasteiger partial charge < -0.3 is 9.09 Å². The molecule has 0 saturated carbocycles. The van der Waals surface area contributed by atoms with Crippen LogP contribution < -0.4 is 5.56 Å². The minimum Gasteiger partial charge on any atom is -0.334 e. The fourth-order valence-electron chi connectivity index (χ4n) is 2.67. The van der Waals surface area contributed by atoms with Crippen molar-refractivity contribution in [3.8, 4) is 22.8 Å². The van der Waals surface area contributed by atoms with Gasteiger partial charge >= 0.3 is 0 Å². The highest BCUT2D eigenvalue weighted by Crippen LogP contribution is 2.34. The van der Waals surface area contributed by atoms with E-state index in [9.17, 15) is 4.79 Å². The van der Waals surface area contributed by atoms with Crippen LogP contribution in [-0.2, 0) is 7.05 Å². The molecule has 4 rings (SSSR count). The number of nitrogens with one attached hydrogen (secondary N) is 1. The fourth-order valence-corrected chi connectivity index (χ4v) is 3.52. The summed E-state index contributed by atoms with van der Waals surface area (Å²) in [5, 5.41) is 19.2. The van der Waals surface area contributed by atoms with Gasteiger partial charge in [0.05, 0.1) is 11.4 Å². The molecule has 4 aromatic rings. The normalized spacial score (nSPS) is 12.2. The minimum absolute atomic E-state index is 0.102. The number of H-pyrrole nitrogens is 1. The maximum atomic E-state index is 11.5. The van der Waals surface area contributed by atoms with Crippen molar-refractivity contribution in [1.29, 1.82) is 0 Å². The van der Waals surface area contributed by atoms with Crippen LogP contribution in [-0.4, -0.2) is 35.1 Å². The number of benzene rings is 1. The van der Waals surface area contributed by atoms with E-state index in [4.69, 9.17) is 4.52 Å². The first-order valence-corrected chi connectivity index (χ1v) is 9.41. The Balaban J connectivity index is 1.55. The van der Waals surface area contributed by atoms with E-state index in [1.54, 1.807) is 4.57 Å². The number of thioether (sulfide) groups is 1. The molecule has 10 heteroatoms. The summed E-state index contributed by atoms with van der Waals surface area (Å²) >= 11 is 1.45. The van der Waals surface area contributed by atoms with Crippen molar-refractivity contribution >= 4 is 11.8 Å². The van der Waals surface area contributed by atoms with E-state index in [0.717, 1.165) is 11.1 Å². The molecule has 0 amide bonds. The summed E-state index contributed by atoms with van der Waals surface area (Å²) in [4.78, 5) is 16.0. The average Bonchev–Trinajstić information content (AvgIpc) is 3.30. The molecule has 3 heterocycles. The van der Waals surface area contributed by atoms with Gasteiger partial charge in [-0.1, -0.05) is 34.6 Å². The Kier molecular flexibility index (Phi) is 4.78. The zero-order valence-electron chi connectivity index (χ0n) is 15.4. The Morgan fingerprint density at radius 1 is 1.21 bits per heavy atom. The van der Waals surface area contributed by atoms with E-state index < -0.39 is 0 Å². The number of rotatable bonds is 5. The van der Waals surface area contributed by atoms with Crippen LogP contribution in [0.5, 0.6) is 0 Å². The summed E-state index contributed by atoms with van der Waals surface area (Å²) in [6, 6.07) is 9.34. The average molecular weight is 395 g/mol. The molecule has 0 spiro atoms. The van der Waals surface area contributed by atoms with Gasteiger partial charge in [-0.05, 0) is 26.0 Å². The summed E-state index contributed by atoms with van der Waals surface area (Å²) in [7, 11) is 1.83. The first kappa shape index (κ1) is 18.1. The van der Waals surface area contributed by atoms with Crippen LogP contribution >= 0.6 is 11.8 Å². The van der Waals surface area contributed by atoms with Crippen LogP contribution in [0.1, 0.15) is 23.6 Å². The fraction of sp³-hybridized carbons (Fsp3) is 0.222. The third-order valence-corrected chi connectivity index (χ3v) is 5.24. The van der Waals surface area contributed by atoms with E-state index in [1.165, 1.54) is 24.0 Å². The van der Waals surface area contributed by atoms with Crippen LogP contribution in [0, 0.1) is 6.92 Å². The van der Waals surface area contributed by atoms with Gasteiger partial charge in [0.25, 0.3) is 11.4 Å². The van der Waals surface area contributed by atoms with Crippen molar-refractivity contribution in [2.24, 2.45) is 7.05 Å². The molecule has 1 N–H and O–H groups in total. The number of hydrogen-bond donors (Lipinski definition) is 1. The second-order valence-corrected chi connectivity index (χ2v) is 7.59. The van der Waals surface area contributed by atoms with E-state index in [0.29, 0.717) is 28.3 Å². The molecular formula is C18H17N7O2S. The molecule has 0 bridgehead atoms. The van der Waals surface area contributed by atoms with Gasteiger partial charge in [-0.25, -0.2) is 5.10 Å². The quantitative estimate of drug-likeness (QED) is 0.513. The largest absolute Gasteiger partial charge is 0.334 e. The van der Waals surface area contributed by atoms with Gasteiger partial charge in [-0.15, -0.1) is 10.2 Å². The number of aromatic amines is 1. The van der Waals surface area contributed by atoms with Crippen molar-refractivity contribution in [3.63, 3.8) is 0 Å². The summed E-state index contributed by atoms with van der Waals surface area (Å²) in [5.41, 5.74) is 2.32. The predicted molar refractivity (Wildman–Crippen MR) is 104 cm³/mol. The molecule has 142 valence electrons. The molecule has 1 atom stereocenters. The third kappa shape index (κ3) is 3.58. The van der Waals surface area contributed by atoms with Crippen LogP contribution in [0.3, 0.4) is 0 Å². The van der Waals surface area contributed by atoms with Gasteiger partial charge in [-0.3, -0.25) is 4.79 Å². The predicted octanol–water partition coefficient (Wildman–Crippen LogP) is 2.78. The van der Waals surface area contributed by atoms with Crippen molar-refractivity contribution in [2.75, 3.05) is 0 Å². The molecule has 0 radical (unpaired) electrons. The van der Waals surface area contributed by atoms with Gasteiger partial charge in [0.2, 0.25) is 0 Å². The maximum Gasteiger partial charge on any atom is 0.264 e. The van der Waals surface area contributed by atoms with Gasteiger partial charge in [0.15, 0.2) is 16.8 Å². The Morgan fingerprint density at radius 2 is 2.07 bits per heavy atom. The SMILES string of the molecule is Cc1cccc(-c2nc(C(C)Sc3nnc(-c4cn[nH]c(=O)c4)n3C)no2)c1. The lowest BCUT2D eigenvalue weighted by Gasteiger charge is -2.06. The minimum atomic E-state index is -0.293. The summed E-state index contributed by atoms with van der Waals surface area (Å²) in [6.07, 6.45) is 1.54. The van der Waals surface area contributed by atoms with Crippen LogP contribution in [0.4, 0.5) is 0 Å². The lowest BCUT2D eigenvalue weighted by atomic mass is 10.1. The van der Waals surface area contributed by atoms with Gasteiger partial charge in [-0.2, -0.15) is 10.1 Å². The first-order valence-electron chi connectivity index (χ1n) is 8.53. The standard InChI is InChI=1S/C18H17N7O2S/c1-10-5-4-6-12(7-10)17-20-15(24-27-17)11(2)28-18-23-22-16(25(18)3)13-8-14(26)21-19-9-13/h4-9,11H,1-3H3,(H,21,26). The first-order chi connectivity index (χ1) is 13.5. The number of nitrogens with zero attached hydrogens (tertiary/aromatic N) is 6. The Labute approximate surface area is 164 Å². The lowest BCUT2D eigenvalue weighted by molar-refractivity contribution is 0.423. The summed E-state index contributed by atoms with van der Waals surface area (Å²) < 4.78 is 7.22. The Hall–Kier alpha value is -3.27. The van der Waals surface area contributed by atoms with E-state index in [2.05, 4.69) is 30.5 Å². The van der Waals surface area contributed by atoms with Crippen molar-refractivity contribution in [2.45, 2.75) is 24.3 Å². The van der Waals surface area contributed by atoms with Crippen molar-refractivity contribution in [3.05, 3.63) is 58.3 Å². The highest BCUT2D eigenvalue weighted by atomic mass is 32.2. The third-order valence-electron chi connectivity index (χ3n) is 4.11. The molecule has 0 saturated heterocycles. The highest BCUT2D eigenvalue weighted by Gasteiger charge is 2.20. The monoisotopic (exact) mass is 395 g/mol. The number of hydrogen-bond acceptors (Lipinski definition) is 8. The molecule has 0 aliphatic heterocycles. The zero-order chi connectivity index (χ0) is 19.7. The molecule has 1 unspecified atom stereocenters. The maximum absolute atomic E-state index is 11.5. The Morgan fingerprint density at radius 3 is 2.86 bits per heavy atom. The van der Waals surface area contributed by atoms with E-state index >= 15 is 0 Å². The number of aryl methyl sites for hydroxylation is 1. The second kappa shape index (κ2) is 7.39. The molecule has 0 fully saturated rings. The number of aromatic nitrogens is 7. The molecule has 9 nitrogen and oxygen atoms in total. The molecule has 0 aliphatic rings. The summed E-state index contributed by atoms with van der Waals surface area (Å²) in [6.45, 7) is 3.99. The van der Waals surface area contributed by atoms with E-state index in [1.807, 2.05) is 45.2 Å². The van der Waals surface area contributed by atoms with Crippen LogP contribution in [0.15, 0.2) is 51.0 Å². The molecule has 3 aromatic heterocycles. The van der Waals surface area contributed by atoms with Crippen molar-refractivity contribution in [1.82, 2.24) is 35.1 Å². The zero-order valence-corrected chi connectivity index (χ0v) is 16.3. The van der Waals surface area contributed by atoms with Gasteiger partial charge in [0, 0.05) is 24.2 Å². The lowest BCUT2D eigenvalue weighted by Crippen LogP contribution is -2.07. The van der Waals surface area contributed by atoms with Crippen LogP contribution in [0.25, 0.3) is 22.8 Å². The molecule has 28 heavy (non-hydrogen) atoms. The van der Waals surface area contributed by atoms with Crippen LogP contribution in [0.2, 0.25) is 0 Å².